The Balaban J connectivity index is 1.19. The summed E-state index contributed by atoms with van der Waals surface area (Å²) in [6.45, 7) is 0. The van der Waals surface area contributed by atoms with Crippen molar-refractivity contribution in [3.63, 3.8) is 0 Å². The zero-order valence-corrected chi connectivity index (χ0v) is 25.1. The van der Waals surface area contributed by atoms with E-state index < -0.39 is 0 Å². The van der Waals surface area contributed by atoms with E-state index in [-0.39, 0.29) is 5.43 Å². The van der Waals surface area contributed by atoms with Gasteiger partial charge >= 0.3 is 0 Å². The molecule has 4 nitrogen and oxygen atoms in total. The molecular weight excluding hydrogens is 578 g/mol. The first-order chi connectivity index (χ1) is 23.2. The maximum Gasteiger partial charge on any atom is 0.200 e. The van der Waals surface area contributed by atoms with Gasteiger partial charge in [0.25, 0.3) is 0 Å². The second kappa shape index (κ2) is 9.80. The van der Waals surface area contributed by atoms with Gasteiger partial charge in [0.2, 0.25) is 5.43 Å². The molecule has 0 aliphatic carbocycles. The molecule has 0 radical (unpaired) electrons. The minimum Gasteiger partial charge on any atom is -0.456 e. The molecule has 10 rings (SSSR count). The summed E-state index contributed by atoms with van der Waals surface area (Å²) in [5.74, 6) is 0. The Kier molecular flexibility index (Phi) is 5.40. The second-order valence-electron chi connectivity index (χ2n) is 12.1. The minimum absolute atomic E-state index is 0.0156. The number of hydrogen-bond donors (Lipinski definition) is 0. The number of nitrogens with zero attached hydrogens (tertiary/aromatic N) is 1. The molecule has 220 valence electrons. The van der Waals surface area contributed by atoms with Gasteiger partial charge < -0.3 is 13.4 Å². The third kappa shape index (κ3) is 3.85. The number of hydrogen-bond acceptors (Lipinski definition) is 3. The summed E-state index contributed by atoms with van der Waals surface area (Å²) in [6.07, 6.45) is 0. The third-order valence-corrected chi connectivity index (χ3v) is 9.39. The van der Waals surface area contributed by atoms with E-state index in [1.54, 1.807) is 0 Å². The van der Waals surface area contributed by atoms with Crippen LogP contribution in [0.3, 0.4) is 0 Å². The Bertz CT molecular complexity index is 2930. The average molecular weight is 604 g/mol. The smallest absolute Gasteiger partial charge is 0.200 e. The maximum atomic E-state index is 13.4. The van der Waals surface area contributed by atoms with Crippen molar-refractivity contribution in [1.29, 1.82) is 0 Å². The Morgan fingerprint density at radius 2 is 0.957 bits per heavy atom. The van der Waals surface area contributed by atoms with Gasteiger partial charge in [-0.25, -0.2) is 0 Å². The van der Waals surface area contributed by atoms with Crippen LogP contribution in [0.1, 0.15) is 0 Å². The molecule has 47 heavy (non-hydrogen) atoms. The molecule has 0 spiro atoms. The molecule has 0 saturated heterocycles. The topological polar surface area (TPSA) is 48.3 Å². The van der Waals surface area contributed by atoms with Crippen LogP contribution in [0.4, 0.5) is 0 Å². The van der Waals surface area contributed by atoms with E-state index in [9.17, 15) is 4.79 Å². The van der Waals surface area contributed by atoms with Crippen LogP contribution in [0.2, 0.25) is 0 Å². The molecule has 0 aliphatic heterocycles. The van der Waals surface area contributed by atoms with Crippen LogP contribution in [0.5, 0.6) is 0 Å². The third-order valence-electron chi connectivity index (χ3n) is 9.39. The van der Waals surface area contributed by atoms with Crippen molar-refractivity contribution in [3.05, 3.63) is 162 Å². The summed E-state index contributed by atoms with van der Waals surface area (Å²) in [6, 6.07) is 51.6. The van der Waals surface area contributed by atoms with Crippen molar-refractivity contribution in [2.24, 2.45) is 0 Å². The fourth-order valence-corrected chi connectivity index (χ4v) is 7.22. The normalized spacial score (nSPS) is 11.9. The molecule has 7 aromatic carbocycles. The molecule has 0 unspecified atom stereocenters. The van der Waals surface area contributed by atoms with E-state index in [2.05, 4.69) is 102 Å². The number of fused-ring (bicyclic) bond motifs is 9. The molecular formula is C43H25NO3. The van der Waals surface area contributed by atoms with Gasteiger partial charge in [-0.1, -0.05) is 78.9 Å². The predicted octanol–water partition coefficient (Wildman–Crippen LogP) is 11.3. The van der Waals surface area contributed by atoms with Crippen LogP contribution in [-0.4, -0.2) is 4.57 Å². The SMILES string of the molecule is O=c1c2ccccc2oc2ccc(-c3cccc(-c4ccc5c(c4)c4c6c(ccc4n5-c4ccccc4)oc4ccccc46)c3)cc12. The van der Waals surface area contributed by atoms with Crippen LogP contribution in [-0.2, 0) is 0 Å². The first kappa shape index (κ1) is 25.9. The first-order valence-electron chi connectivity index (χ1n) is 15.7. The van der Waals surface area contributed by atoms with Gasteiger partial charge in [0.15, 0.2) is 0 Å². The van der Waals surface area contributed by atoms with Crippen molar-refractivity contribution >= 4 is 65.7 Å². The van der Waals surface area contributed by atoms with E-state index in [4.69, 9.17) is 8.83 Å². The van der Waals surface area contributed by atoms with Crippen LogP contribution in [0.15, 0.2) is 165 Å². The zero-order chi connectivity index (χ0) is 31.1. The lowest BCUT2D eigenvalue weighted by Gasteiger charge is -2.09. The van der Waals surface area contributed by atoms with E-state index in [1.807, 2.05) is 54.6 Å². The first-order valence-corrected chi connectivity index (χ1v) is 15.7. The van der Waals surface area contributed by atoms with E-state index in [0.29, 0.717) is 21.9 Å². The van der Waals surface area contributed by atoms with Gasteiger partial charge in [-0.05, 0) is 95.1 Å². The summed E-state index contributed by atoms with van der Waals surface area (Å²) < 4.78 is 14.7. The van der Waals surface area contributed by atoms with Gasteiger partial charge in [-0.3, -0.25) is 4.79 Å². The van der Waals surface area contributed by atoms with Crippen LogP contribution in [0, 0.1) is 0 Å². The van der Waals surface area contributed by atoms with Gasteiger partial charge in [-0.2, -0.15) is 0 Å². The Hall–Kier alpha value is -6.39. The van der Waals surface area contributed by atoms with Gasteiger partial charge in [-0.15, -0.1) is 0 Å². The molecule has 0 aliphatic rings. The van der Waals surface area contributed by atoms with Crippen LogP contribution >= 0.6 is 0 Å². The van der Waals surface area contributed by atoms with E-state index in [1.165, 1.54) is 10.8 Å². The van der Waals surface area contributed by atoms with E-state index >= 15 is 0 Å². The number of furan rings is 1. The van der Waals surface area contributed by atoms with Gasteiger partial charge in [0, 0.05) is 27.2 Å². The molecule has 0 bridgehead atoms. The highest BCUT2D eigenvalue weighted by molar-refractivity contribution is 6.27. The van der Waals surface area contributed by atoms with Gasteiger partial charge in [0.1, 0.15) is 22.3 Å². The van der Waals surface area contributed by atoms with Gasteiger partial charge in [0.05, 0.1) is 21.8 Å². The van der Waals surface area contributed by atoms with E-state index in [0.717, 1.165) is 60.9 Å². The highest BCUT2D eigenvalue weighted by atomic mass is 16.3. The highest BCUT2D eigenvalue weighted by Gasteiger charge is 2.19. The lowest BCUT2D eigenvalue weighted by molar-refractivity contribution is 0.660. The lowest BCUT2D eigenvalue weighted by atomic mass is 9.96. The second-order valence-corrected chi connectivity index (χ2v) is 12.1. The van der Waals surface area contributed by atoms with Crippen molar-refractivity contribution in [2.45, 2.75) is 0 Å². The van der Waals surface area contributed by atoms with Crippen molar-refractivity contribution in [1.82, 2.24) is 4.57 Å². The lowest BCUT2D eigenvalue weighted by Crippen LogP contribution is -2.01. The minimum atomic E-state index is -0.0156. The summed E-state index contributed by atoms with van der Waals surface area (Å²) in [4.78, 5) is 13.4. The monoisotopic (exact) mass is 603 g/mol. The molecule has 3 aromatic heterocycles. The zero-order valence-electron chi connectivity index (χ0n) is 25.1. The molecule has 3 heterocycles. The molecule has 4 heteroatoms. The molecule has 0 saturated carbocycles. The summed E-state index contributed by atoms with van der Waals surface area (Å²) in [5.41, 5.74) is 10.5. The fourth-order valence-electron chi connectivity index (χ4n) is 7.22. The molecule has 0 atom stereocenters. The fraction of sp³-hybridized carbons (Fsp3) is 0. The summed E-state index contributed by atoms with van der Waals surface area (Å²) in [7, 11) is 0. The Labute approximate surface area is 268 Å². The standard InChI is InChI=1S/C43H25NO3/c45-43-32-14-5-7-16-38(32)46-39-21-18-29(25-34(39)43)27-10-8-9-26(23-27)28-17-19-35-33(24-28)41-36(44(35)30-11-2-1-3-12-30)20-22-40-42(41)31-13-4-6-15-37(31)47-40/h1-25H. The molecule has 0 fully saturated rings. The Morgan fingerprint density at radius 1 is 0.383 bits per heavy atom. The molecule has 0 N–H and O–H groups in total. The average Bonchev–Trinajstić information content (AvgIpc) is 3.67. The number of para-hydroxylation sites is 3. The number of rotatable bonds is 3. The quantitative estimate of drug-likeness (QED) is 0.189. The largest absolute Gasteiger partial charge is 0.456 e. The van der Waals surface area contributed by atoms with Crippen molar-refractivity contribution in [3.8, 4) is 27.9 Å². The number of aromatic nitrogens is 1. The number of benzene rings is 7. The van der Waals surface area contributed by atoms with Crippen LogP contribution in [0.25, 0.3) is 93.6 Å². The molecule has 0 amide bonds. The van der Waals surface area contributed by atoms with Crippen molar-refractivity contribution in [2.75, 3.05) is 0 Å². The highest BCUT2D eigenvalue weighted by Crippen LogP contribution is 2.42. The maximum absolute atomic E-state index is 13.4. The van der Waals surface area contributed by atoms with Crippen LogP contribution < -0.4 is 5.43 Å². The molecule has 10 aromatic rings. The van der Waals surface area contributed by atoms with Crippen molar-refractivity contribution < 1.29 is 8.83 Å². The summed E-state index contributed by atoms with van der Waals surface area (Å²) >= 11 is 0. The Morgan fingerprint density at radius 3 is 1.77 bits per heavy atom. The predicted molar refractivity (Wildman–Crippen MR) is 192 cm³/mol. The summed E-state index contributed by atoms with van der Waals surface area (Å²) in [5, 5.41) is 5.76.